The quantitative estimate of drug-likeness (QED) is 0.0135. The zero-order chi connectivity index (χ0) is 107. The zero-order valence-electron chi connectivity index (χ0n) is 83.5. The summed E-state index contributed by atoms with van der Waals surface area (Å²) in [5.74, 6) is -20.8. The topological polar surface area (TPSA) is 700 Å². The Kier molecular flexibility index (Phi) is 77.9. The number of hydrogen-bond donors (Lipinski definition) is 18. The van der Waals surface area contributed by atoms with Gasteiger partial charge in [0.15, 0.2) is 6.10 Å². The molecule has 5 atom stereocenters. The summed E-state index contributed by atoms with van der Waals surface area (Å²) in [5.41, 5.74) is 0. The first kappa shape index (κ1) is 132. The van der Waals surface area contributed by atoms with Gasteiger partial charge in [0.05, 0.1) is 77.7 Å². The molecule has 142 heavy (non-hydrogen) atoms. The molecular weight excluding hydrogens is 1910 g/mol. The van der Waals surface area contributed by atoms with Crippen LogP contribution < -0.4 is 69.1 Å². The van der Waals surface area contributed by atoms with Gasteiger partial charge in [-0.25, -0.2) is 9.36 Å². The number of carbonyl (C=O) groups is 22. The first-order valence-corrected chi connectivity index (χ1v) is 51.2. The number of carboxylic acids is 4. The maximum atomic E-state index is 13.0. The van der Waals surface area contributed by atoms with Crippen LogP contribution in [0, 0.1) is 0 Å². The fourth-order valence-corrected chi connectivity index (χ4v) is 15.2. The Bertz CT molecular complexity index is 4020. The minimum Gasteiger partial charge on any atom is -0.480 e. The van der Waals surface area contributed by atoms with Crippen molar-refractivity contribution < 1.29 is 154 Å². The second kappa shape index (κ2) is 83.7. The van der Waals surface area contributed by atoms with Crippen molar-refractivity contribution in [3.8, 4) is 0 Å². The van der Waals surface area contributed by atoms with Crippen LogP contribution in [-0.2, 0) is 124 Å². The van der Waals surface area contributed by atoms with E-state index in [0.717, 1.165) is 82.8 Å². The van der Waals surface area contributed by atoms with E-state index in [4.69, 9.17) is 18.5 Å². The Morgan fingerprint density at radius 3 is 1.10 bits per heavy atom. The van der Waals surface area contributed by atoms with E-state index in [2.05, 4.69) is 108 Å². The van der Waals surface area contributed by atoms with Crippen LogP contribution in [0.5, 0.6) is 0 Å². The number of unbranched alkanes of at least 4 members (excludes halogenated alkanes) is 18. The molecule has 2 aliphatic rings. The molecule has 0 aliphatic carbocycles. The summed E-state index contributed by atoms with van der Waals surface area (Å²) < 4.78 is 33.9. The van der Waals surface area contributed by atoms with Gasteiger partial charge < -0.3 is 124 Å². The van der Waals surface area contributed by atoms with E-state index in [1.165, 1.54) is 44.9 Å². The van der Waals surface area contributed by atoms with Gasteiger partial charge in [0.1, 0.15) is 59.0 Å². The molecule has 2 unspecified atom stereocenters. The summed E-state index contributed by atoms with van der Waals surface area (Å²) in [6.07, 6.45) is 30.3. The van der Waals surface area contributed by atoms with Crippen molar-refractivity contribution in [2.75, 3.05) is 150 Å². The molecule has 2 rings (SSSR count). The third kappa shape index (κ3) is 73.2. The van der Waals surface area contributed by atoms with Crippen LogP contribution in [0.25, 0.3) is 0 Å². The summed E-state index contributed by atoms with van der Waals surface area (Å²) in [4.78, 5) is 286. The molecule has 49 nitrogen and oxygen atoms in total. The molecule has 2 saturated heterocycles. The number of carboxylic acid groups (broad SMARTS) is 4. The number of urea groups is 1. The molecule has 0 saturated carbocycles. The van der Waals surface area contributed by atoms with Crippen LogP contribution in [-0.4, -0.2) is 349 Å². The number of phosphoric acid groups is 1. The summed E-state index contributed by atoms with van der Waals surface area (Å²) in [6, 6.07) is -0.144. The second-order valence-electron chi connectivity index (χ2n) is 32.2. The van der Waals surface area contributed by atoms with Crippen molar-refractivity contribution in [3.05, 3.63) is 24.3 Å². The first-order chi connectivity index (χ1) is 67.8. The molecule has 0 bridgehead atoms. The number of nitrogens with zero attached hydrogens (tertiary/aromatic N) is 4. The summed E-state index contributed by atoms with van der Waals surface area (Å²) in [5, 5.41) is 68.0. The van der Waals surface area contributed by atoms with Gasteiger partial charge in [-0.1, -0.05) is 156 Å². The predicted molar refractivity (Wildman–Crippen MR) is 520 cm³/mol. The van der Waals surface area contributed by atoms with Gasteiger partial charge >= 0.3 is 49.7 Å². The van der Waals surface area contributed by atoms with Crippen LogP contribution in [0.1, 0.15) is 248 Å². The van der Waals surface area contributed by atoms with Crippen molar-refractivity contribution in [1.29, 1.82) is 0 Å². The molecule has 0 aromatic carbocycles. The molecule has 51 heteroatoms. The molecule has 17 amide bonds. The number of fused-ring (bicyclic) bond motifs is 1. The first-order valence-electron chi connectivity index (χ1n) is 48.6. The number of hydrogen-bond acceptors (Lipinski definition) is 28. The standard InChI is InChI=1S/C84H136N17O32PS.C3H8.2C2H6/c1-3-5-7-9-11-13-14-15-16-17-18-19-21-23-25-35-82(126)133-59(56-130-81(125)34-24-22-20-12-10-8-6-4-2)57-132-134(128,129)131-39-38-87-62(102)31-28-29-33-64(104)89-41-66(106)93-47-76(116)101(55-80(123)124)51-72(112)91-43-68(108)95-45-74(114)99(53-78(119)120)49-70(110)86-37-36-85-69(109)48-98(52-77(117)118)73(113)44-94-67(107)42-90-71(111)50-100(54-79(121)122)75(115)46-92-65(105)40-88-63(103)32-27-26-30-61-83-60(58-135-61)96-84(127)97-83;1-3-2;2*1-2/h4,6,15-16,59-61,83H,3,5,7-14,17-58H2,1-2H3,(H,85,109)(H,86,110)(H,87,102)(H,88,103)(H,89,104)(H,90,111)(H,91,112)(H,92,105)(H,93,106)(H,94,107)(H,95,108)(H,117,118)(H,119,120)(H,121,122)(H,123,124)(H,128,129)(H2,96,97,127);3H2,1-2H3;2*1-2H3/b6-4+,16-15+;;;/t59?,60-,61-,83-;;;/m0.../s1. The second-order valence-corrected chi connectivity index (χ2v) is 34.9. The summed E-state index contributed by atoms with van der Waals surface area (Å²) in [7, 11) is -4.79. The van der Waals surface area contributed by atoms with Gasteiger partial charge in [-0.3, -0.25) is 110 Å². The zero-order valence-corrected chi connectivity index (χ0v) is 85.2. The van der Waals surface area contributed by atoms with E-state index >= 15 is 0 Å². The highest BCUT2D eigenvalue weighted by molar-refractivity contribution is 8.00. The highest BCUT2D eigenvalue weighted by Crippen LogP contribution is 2.43. The van der Waals surface area contributed by atoms with Crippen LogP contribution in [0.4, 0.5) is 4.79 Å². The number of rotatable bonds is 78. The van der Waals surface area contributed by atoms with Gasteiger partial charge in [-0.05, 0) is 84.0 Å². The van der Waals surface area contributed by atoms with E-state index in [1.807, 2.05) is 40.7 Å². The predicted octanol–water partition coefficient (Wildman–Crippen LogP) is 1.61. The van der Waals surface area contributed by atoms with Crippen LogP contribution in [0.15, 0.2) is 24.3 Å². The van der Waals surface area contributed by atoms with Crippen LogP contribution >= 0.6 is 19.6 Å². The van der Waals surface area contributed by atoms with Gasteiger partial charge in [0.25, 0.3) is 0 Å². The Morgan fingerprint density at radius 1 is 0.387 bits per heavy atom. The lowest BCUT2D eigenvalue weighted by molar-refractivity contribution is -0.161. The highest BCUT2D eigenvalue weighted by Gasteiger charge is 2.43. The number of aliphatic carboxylic acids is 4. The number of nitrogens with one attached hydrogen (secondary N) is 13. The van der Waals surface area contributed by atoms with Gasteiger partial charge in [-0.2, -0.15) is 11.8 Å². The SMILES string of the molecule is C/C=C/CCCCCCCC(=O)OCC(COP(=O)(O)OCCNC(=O)CCCCC(=O)NCC(=O)NCC(=O)N(CC(=O)O)CC(=O)NCC(=O)NCC(=O)N(CC(=O)O)CC(=O)NCCNC(=O)CN(CC(=O)O)C(=O)CNC(=O)CNC(=O)CN(CC(=O)O)C(=O)CNC(=O)CNC(=O)CCCC[C@@H]1SC[C@@H]2NC(=O)N[C@@H]21)OC(=O)CCCCCCC/C=C/CCCCCCCC.CC.CC.CCC. The fraction of sp³-hybridized carbons (Fsp3) is 0.714. The van der Waals surface area contributed by atoms with Crippen molar-refractivity contribution in [3.63, 3.8) is 0 Å². The van der Waals surface area contributed by atoms with Crippen molar-refractivity contribution in [2.24, 2.45) is 0 Å². The number of thioether (sulfide) groups is 1. The maximum Gasteiger partial charge on any atom is 0.472 e. The van der Waals surface area contributed by atoms with Crippen molar-refractivity contribution >= 4 is 150 Å². The number of amides is 17. The van der Waals surface area contributed by atoms with Crippen LogP contribution in [0.3, 0.4) is 0 Å². The molecule has 2 aliphatic heterocycles. The van der Waals surface area contributed by atoms with Crippen LogP contribution in [0.2, 0.25) is 0 Å². The number of esters is 2. The third-order valence-corrected chi connectivity index (χ3v) is 22.4. The van der Waals surface area contributed by atoms with E-state index < -0.39 is 276 Å². The lowest BCUT2D eigenvalue weighted by atomic mass is 10.0. The van der Waals surface area contributed by atoms with Gasteiger partial charge in [-0.15, -0.1) is 0 Å². The monoisotopic (exact) mass is 2060 g/mol. The number of phosphoric ester groups is 1. The molecule has 0 aromatic rings. The van der Waals surface area contributed by atoms with Gasteiger partial charge in [0, 0.05) is 62.7 Å². The number of carbonyl (C=O) groups excluding carboxylic acids is 18. The Balaban J connectivity index is 0. The molecule has 18 N–H and O–H groups in total. The minimum atomic E-state index is -4.79. The Morgan fingerprint density at radius 2 is 0.711 bits per heavy atom. The van der Waals surface area contributed by atoms with Crippen molar-refractivity contribution in [2.45, 2.75) is 271 Å². The summed E-state index contributed by atoms with van der Waals surface area (Å²) >= 11 is 1.73. The normalized spacial score (nSPS) is 13.6. The lowest BCUT2D eigenvalue weighted by Gasteiger charge is -2.22. The maximum absolute atomic E-state index is 13.0. The minimum absolute atomic E-state index is 0.0119. The molecule has 2 fully saturated rings. The Labute approximate surface area is 834 Å². The Hall–Kier alpha value is -11.9. The molecule has 0 radical (unpaired) electrons. The molecule has 2 heterocycles. The average molecular weight is 2060 g/mol. The van der Waals surface area contributed by atoms with E-state index in [-0.39, 0.29) is 74.9 Å². The number of ether oxygens (including phenoxy) is 2. The molecule has 0 aromatic heterocycles. The molecular formula is C91H156N17O32PS. The number of allylic oxidation sites excluding steroid dienone is 4. The van der Waals surface area contributed by atoms with Gasteiger partial charge in [0.2, 0.25) is 88.6 Å². The third-order valence-electron chi connectivity index (χ3n) is 20.0. The van der Waals surface area contributed by atoms with E-state index in [1.54, 1.807) is 11.8 Å². The lowest BCUT2D eigenvalue weighted by Crippen LogP contribution is -2.50. The fourth-order valence-electron chi connectivity index (χ4n) is 12.9. The van der Waals surface area contributed by atoms with E-state index in [0.29, 0.717) is 45.3 Å². The molecule has 0 spiro atoms. The largest absolute Gasteiger partial charge is 0.480 e. The summed E-state index contributed by atoms with van der Waals surface area (Å²) in [6.45, 7) is -0.738. The van der Waals surface area contributed by atoms with Crippen molar-refractivity contribution in [1.82, 2.24) is 88.7 Å². The average Bonchev–Trinajstić information content (AvgIpc) is 1.66. The smallest absolute Gasteiger partial charge is 0.472 e. The van der Waals surface area contributed by atoms with E-state index in [9.17, 15) is 135 Å². The molecule has 808 valence electrons. The highest BCUT2D eigenvalue weighted by atomic mass is 32.2.